The lowest BCUT2D eigenvalue weighted by Gasteiger charge is -2.37. The molecule has 0 aliphatic carbocycles. The van der Waals surface area contributed by atoms with Gasteiger partial charge >= 0.3 is 0 Å². The van der Waals surface area contributed by atoms with Gasteiger partial charge in [-0.15, -0.1) is 0 Å². The summed E-state index contributed by atoms with van der Waals surface area (Å²) in [7, 11) is 0. The number of nitriles is 1. The maximum Gasteiger partial charge on any atom is 0.242 e. The Bertz CT molecular complexity index is 531. The Kier molecular flexibility index (Phi) is 5.96. The maximum absolute atomic E-state index is 12.5. The number of amides is 1. The molecule has 1 fully saturated rings. The van der Waals surface area contributed by atoms with Crippen molar-refractivity contribution in [3.05, 3.63) is 12.3 Å². The Morgan fingerprint density at radius 3 is 3.09 bits per heavy atom. The summed E-state index contributed by atoms with van der Waals surface area (Å²) in [5, 5.41) is 15.8. The van der Waals surface area contributed by atoms with Crippen molar-refractivity contribution in [2.45, 2.75) is 64.6 Å². The van der Waals surface area contributed by atoms with Gasteiger partial charge in [0, 0.05) is 31.3 Å². The smallest absolute Gasteiger partial charge is 0.242 e. The van der Waals surface area contributed by atoms with E-state index < -0.39 is 0 Å². The van der Waals surface area contributed by atoms with Crippen molar-refractivity contribution in [2.75, 3.05) is 11.9 Å². The predicted octanol–water partition coefficient (Wildman–Crippen LogP) is 2.39. The minimum atomic E-state index is -0.0579. The molecule has 120 valence electrons. The van der Waals surface area contributed by atoms with E-state index in [2.05, 4.69) is 35.2 Å². The second-order valence-electron chi connectivity index (χ2n) is 6.06. The number of aromatic nitrogens is 2. The van der Waals surface area contributed by atoms with Gasteiger partial charge in [0.05, 0.1) is 12.1 Å². The molecule has 0 spiro atoms. The van der Waals surface area contributed by atoms with Crippen LogP contribution in [-0.2, 0) is 11.3 Å². The van der Waals surface area contributed by atoms with Gasteiger partial charge in [0.15, 0.2) is 5.82 Å². The highest BCUT2D eigenvalue weighted by atomic mass is 16.2. The molecule has 1 saturated heterocycles. The second-order valence-corrected chi connectivity index (χ2v) is 6.06. The van der Waals surface area contributed by atoms with Gasteiger partial charge in [-0.2, -0.15) is 10.4 Å². The van der Waals surface area contributed by atoms with Gasteiger partial charge < -0.3 is 5.32 Å². The summed E-state index contributed by atoms with van der Waals surface area (Å²) < 4.78 is 1.77. The molecule has 1 aromatic rings. The molecule has 2 heterocycles. The van der Waals surface area contributed by atoms with Crippen LogP contribution in [0.25, 0.3) is 0 Å². The quantitative estimate of drug-likeness (QED) is 0.819. The molecule has 0 aromatic carbocycles. The van der Waals surface area contributed by atoms with Gasteiger partial charge in [-0.25, -0.2) is 0 Å². The molecule has 1 N–H and O–H groups in total. The summed E-state index contributed by atoms with van der Waals surface area (Å²) in [6.45, 7) is 5.95. The zero-order valence-corrected chi connectivity index (χ0v) is 13.5. The molecule has 0 unspecified atom stereocenters. The van der Waals surface area contributed by atoms with Crippen LogP contribution in [0.5, 0.6) is 0 Å². The maximum atomic E-state index is 12.5. The second kappa shape index (κ2) is 7.95. The van der Waals surface area contributed by atoms with Crippen LogP contribution >= 0.6 is 0 Å². The molecule has 6 nitrogen and oxygen atoms in total. The van der Waals surface area contributed by atoms with Crippen molar-refractivity contribution in [3.63, 3.8) is 0 Å². The van der Waals surface area contributed by atoms with Gasteiger partial charge in [0.2, 0.25) is 5.91 Å². The average molecular weight is 303 g/mol. The first kappa shape index (κ1) is 16.5. The monoisotopic (exact) mass is 303 g/mol. The molecule has 1 atom stereocenters. The number of rotatable bonds is 6. The van der Waals surface area contributed by atoms with E-state index in [9.17, 15) is 4.79 Å². The van der Waals surface area contributed by atoms with Crippen LogP contribution in [0.3, 0.4) is 0 Å². The lowest BCUT2D eigenvalue weighted by atomic mass is 10.00. The molecular formula is C16H25N5O. The lowest BCUT2D eigenvalue weighted by molar-refractivity contribution is -0.123. The van der Waals surface area contributed by atoms with Crippen LogP contribution in [0.1, 0.15) is 46.0 Å². The van der Waals surface area contributed by atoms with E-state index in [1.165, 1.54) is 0 Å². The van der Waals surface area contributed by atoms with Crippen LogP contribution in [0.15, 0.2) is 12.3 Å². The minimum absolute atomic E-state index is 0.0377. The number of nitrogens with one attached hydrogen (secondary N) is 1. The van der Waals surface area contributed by atoms with E-state index in [1.807, 2.05) is 12.3 Å². The molecule has 0 saturated carbocycles. The first-order chi connectivity index (χ1) is 10.6. The predicted molar refractivity (Wildman–Crippen MR) is 85.2 cm³/mol. The third-order valence-corrected chi connectivity index (χ3v) is 4.08. The average Bonchev–Trinajstić information content (AvgIpc) is 2.95. The zero-order valence-electron chi connectivity index (χ0n) is 13.5. The molecule has 22 heavy (non-hydrogen) atoms. The normalized spacial score (nSPS) is 19.1. The first-order valence-corrected chi connectivity index (χ1v) is 8.09. The molecule has 1 aromatic heterocycles. The number of unbranched alkanes of at least 4 members (excludes halogenated alkanes) is 1. The highest BCUT2D eigenvalue weighted by molar-refractivity contribution is 5.94. The van der Waals surface area contributed by atoms with Crippen molar-refractivity contribution in [3.8, 4) is 6.07 Å². The molecule has 0 bridgehead atoms. The number of carbonyl (C=O) groups excluding carboxylic acids is 1. The summed E-state index contributed by atoms with van der Waals surface area (Å²) in [6, 6.07) is 4.25. The van der Waals surface area contributed by atoms with Crippen molar-refractivity contribution >= 4 is 11.7 Å². The number of hydrogen-bond acceptors (Lipinski definition) is 4. The number of aryl methyl sites for hydroxylation is 1. The van der Waals surface area contributed by atoms with E-state index in [-0.39, 0.29) is 11.9 Å². The van der Waals surface area contributed by atoms with E-state index >= 15 is 0 Å². The summed E-state index contributed by atoms with van der Waals surface area (Å²) >= 11 is 0. The molecule has 1 aliphatic rings. The molecule has 1 amide bonds. The third-order valence-electron chi connectivity index (χ3n) is 4.08. The Morgan fingerprint density at radius 2 is 2.36 bits per heavy atom. The number of anilines is 1. The number of piperidine rings is 1. The topological polar surface area (TPSA) is 74.0 Å². The van der Waals surface area contributed by atoms with E-state index in [0.717, 1.165) is 32.2 Å². The Morgan fingerprint density at radius 1 is 1.55 bits per heavy atom. The molecule has 6 heteroatoms. The third kappa shape index (κ3) is 4.31. The van der Waals surface area contributed by atoms with Gasteiger partial charge in [0.25, 0.3) is 0 Å². The fraction of sp³-hybridized carbons (Fsp3) is 0.688. The van der Waals surface area contributed by atoms with E-state index in [4.69, 9.17) is 5.26 Å². The largest absolute Gasteiger partial charge is 0.308 e. The van der Waals surface area contributed by atoms with Crippen LogP contribution in [0.2, 0.25) is 0 Å². The van der Waals surface area contributed by atoms with Gasteiger partial charge in [-0.05, 0) is 39.7 Å². The van der Waals surface area contributed by atoms with Crippen LogP contribution < -0.4 is 5.32 Å². The van der Waals surface area contributed by atoms with Crippen LogP contribution in [0.4, 0.5) is 5.82 Å². The Balaban J connectivity index is 1.92. The number of hydrogen-bond donors (Lipinski definition) is 1. The molecule has 2 rings (SSSR count). The van der Waals surface area contributed by atoms with Crippen molar-refractivity contribution in [1.29, 1.82) is 5.26 Å². The van der Waals surface area contributed by atoms with Crippen molar-refractivity contribution < 1.29 is 4.79 Å². The van der Waals surface area contributed by atoms with Gasteiger partial charge in [-0.1, -0.05) is 6.42 Å². The number of carbonyl (C=O) groups is 1. The fourth-order valence-electron chi connectivity index (χ4n) is 2.94. The van der Waals surface area contributed by atoms with Gasteiger partial charge in [-0.3, -0.25) is 14.4 Å². The van der Waals surface area contributed by atoms with Crippen LogP contribution in [0, 0.1) is 11.3 Å². The van der Waals surface area contributed by atoms with Gasteiger partial charge in [0.1, 0.15) is 0 Å². The summed E-state index contributed by atoms with van der Waals surface area (Å²) in [5.41, 5.74) is 0. The summed E-state index contributed by atoms with van der Waals surface area (Å²) in [6.07, 6.45) is 6.31. The minimum Gasteiger partial charge on any atom is -0.308 e. The first-order valence-electron chi connectivity index (χ1n) is 8.09. The summed E-state index contributed by atoms with van der Waals surface area (Å²) in [5.74, 6) is 0.631. The molecule has 1 aliphatic heterocycles. The Hall–Kier alpha value is -1.87. The highest BCUT2D eigenvalue weighted by Crippen LogP contribution is 2.20. The van der Waals surface area contributed by atoms with Crippen molar-refractivity contribution in [1.82, 2.24) is 14.7 Å². The Labute approximate surface area is 132 Å². The summed E-state index contributed by atoms with van der Waals surface area (Å²) in [4.78, 5) is 14.8. The number of likely N-dealkylation sites (tertiary alicyclic amines) is 1. The van der Waals surface area contributed by atoms with Crippen LogP contribution in [-0.4, -0.2) is 39.2 Å². The zero-order chi connectivity index (χ0) is 15.9. The lowest BCUT2D eigenvalue weighted by Crippen LogP contribution is -2.50. The highest BCUT2D eigenvalue weighted by Gasteiger charge is 2.30. The fourth-order valence-corrected chi connectivity index (χ4v) is 2.94. The van der Waals surface area contributed by atoms with Crippen molar-refractivity contribution in [2.24, 2.45) is 0 Å². The number of nitrogens with zero attached hydrogens (tertiary/aromatic N) is 4. The van der Waals surface area contributed by atoms with E-state index in [0.29, 0.717) is 24.8 Å². The SMILES string of the molecule is CC(C)N1CCCC[C@@H]1C(=O)Nc1ccn(CCCC#N)n1. The molecule has 0 radical (unpaired) electrons. The molecular weight excluding hydrogens is 278 g/mol. The van der Waals surface area contributed by atoms with E-state index in [1.54, 1.807) is 4.68 Å². The standard InChI is InChI=1S/C16H25N5O/c1-13(2)21-11-5-3-7-14(21)16(22)18-15-8-12-20(19-15)10-6-4-9-17/h8,12-14H,3-7,10-11H2,1-2H3,(H,18,19,22)/t14-/m1/s1.